The van der Waals surface area contributed by atoms with Gasteiger partial charge < -0.3 is 16.0 Å². The number of piperidine rings is 1. The largest absolute Gasteiger partial charge is 0.382 e. The SMILES string of the molecule is O=C(NC1CC1)c1ccc(NC2CCNCC2)cc1. The Bertz CT molecular complexity index is 433. The number of carbonyl (C=O) groups excluding carboxylic acids is 1. The minimum Gasteiger partial charge on any atom is -0.382 e. The molecule has 0 unspecified atom stereocenters. The molecule has 1 amide bonds. The van der Waals surface area contributed by atoms with Crippen molar-refractivity contribution in [2.45, 2.75) is 37.8 Å². The Morgan fingerprint density at radius 3 is 2.32 bits per heavy atom. The lowest BCUT2D eigenvalue weighted by Gasteiger charge is -2.24. The molecule has 1 aliphatic heterocycles. The highest BCUT2D eigenvalue weighted by Crippen LogP contribution is 2.20. The summed E-state index contributed by atoms with van der Waals surface area (Å²) in [6, 6.07) is 8.78. The monoisotopic (exact) mass is 259 g/mol. The molecular weight excluding hydrogens is 238 g/mol. The molecule has 0 radical (unpaired) electrons. The highest BCUT2D eigenvalue weighted by Gasteiger charge is 2.23. The number of rotatable bonds is 4. The quantitative estimate of drug-likeness (QED) is 0.772. The number of hydrogen-bond acceptors (Lipinski definition) is 3. The van der Waals surface area contributed by atoms with Crippen molar-refractivity contribution in [1.82, 2.24) is 10.6 Å². The third kappa shape index (κ3) is 3.47. The summed E-state index contributed by atoms with van der Waals surface area (Å²) >= 11 is 0. The van der Waals surface area contributed by atoms with Gasteiger partial charge >= 0.3 is 0 Å². The van der Waals surface area contributed by atoms with Crippen LogP contribution in [0.4, 0.5) is 5.69 Å². The van der Waals surface area contributed by atoms with E-state index >= 15 is 0 Å². The average Bonchev–Trinajstić information content (AvgIpc) is 3.25. The van der Waals surface area contributed by atoms with Crippen LogP contribution in [0.25, 0.3) is 0 Å². The lowest BCUT2D eigenvalue weighted by Crippen LogP contribution is -2.35. The first kappa shape index (κ1) is 12.5. The van der Waals surface area contributed by atoms with Gasteiger partial charge in [-0.1, -0.05) is 0 Å². The van der Waals surface area contributed by atoms with Gasteiger partial charge in [0.15, 0.2) is 0 Å². The van der Waals surface area contributed by atoms with Crippen LogP contribution in [0, 0.1) is 0 Å². The van der Waals surface area contributed by atoms with Crippen LogP contribution in [0.3, 0.4) is 0 Å². The number of anilines is 1. The van der Waals surface area contributed by atoms with Gasteiger partial charge in [0.1, 0.15) is 0 Å². The number of nitrogens with one attached hydrogen (secondary N) is 3. The molecule has 4 heteroatoms. The van der Waals surface area contributed by atoms with Gasteiger partial charge in [-0.25, -0.2) is 0 Å². The van der Waals surface area contributed by atoms with Crippen LogP contribution in [-0.2, 0) is 0 Å². The number of carbonyl (C=O) groups is 1. The van der Waals surface area contributed by atoms with E-state index in [0.717, 1.165) is 50.0 Å². The van der Waals surface area contributed by atoms with Gasteiger partial charge in [-0.15, -0.1) is 0 Å². The van der Waals surface area contributed by atoms with Crippen molar-refractivity contribution in [3.63, 3.8) is 0 Å². The van der Waals surface area contributed by atoms with Crippen LogP contribution < -0.4 is 16.0 Å². The molecule has 2 fully saturated rings. The van der Waals surface area contributed by atoms with Crippen LogP contribution in [0.15, 0.2) is 24.3 Å². The molecule has 2 aliphatic rings. The van der Waals surface area contributed by atoms with Gasteiger partial charge in [-0.2, -0.15) is 0 Å². The lowest BCUT2D eigenvalue weighted by atomic mass is 10.1. The fourth-order valence-corrected chi connectivity index (χ4v) is 2.42. The molecule has 1 heterocycles. The molecule has 19 heavy (non-hydrogen) atoms. The molecule has 1 aliphatic carbocycles. The summed E-state index contributed by atoms with van der Waals surface area (Å²) in [5.74, 6) is 0.0518. The molecule has 4 nitrogen and oxygen atoms in total. The Labute approximate surface area is 114 Å². The molecule has 3 N–H and O–H groups in total. The van der Waals surface area contributed by atoms with Gasteiger partial charge in [-0.05, 0) is 63.0 Å². The van der Waals surface area contributed by atoms with Gasteiger partial charge in [0, 0.05) is 23.3 Å². The molecule has 1 aromatic rings. The molecule has 0 aromatic heterocycles. The van der Waals surface area contributed by atoms with Crippen molar-refractivity contribution < 1.29 is 4.79 Å². The third-order valence-electron chi connectivity index (χ3n) is 3.77. The van der Waals surface area contributed by atoms with Crippen molar-refractivity contribution in [2.75, 3.05) is 18.4 Å². The predicted molar refractivity (Wildman–Crippen MR) is 76.4 cm³/mol. The minimum atomic E-state index is 0.0518. The molecule has 0 atom stereocenters. The highest BCUT2D eigenvalue weighted by atomic mass is 16.1. The van der Waals surface area contributed by atoms with E-state index < -0.39 is 0 Å². The Kier molecular flexibility index (Phi) is 3.69. The smallest absolute Gasteiger partial charge is 0.251 e. The van der Waals surface area contributed by atoms with E-state index in [2.05, 4.69) is 16.0 Å². The van der Waals surface area contributed by atoms with Crippen molar-refractivity contribution in [3.05, 3.63) is 29.8 Å². The molecule has 1 saturated carbocycles. The van der Waals surface area contributed by atoms with E-state index in [-0.39, 0.29) is 5.91 Å². The van der Waals surface area contributed by atoms with Crippen LogP contribution in [0.2, 0.25) is 0 Å². The van der Waals surface area contributed by atoms with E-state index in [0.29, 0.717) is 12.1 Å². The maximum atomic E-state index is 11.9. The number of amides is 1. The molecule has 0 bridgehead atoms. The zero-order chi connectivity index (χ0) is 13.1. The standard InChI is InChI=1S/C15H21N3O/c19-15(18-13-5-6-13)11-1-3-12(4-2-11)17-14-7-9-16-10-8-14/h1-4,13-14,16-17H,5-10H2,(H,18,19). The molecule has 102 valence electrons. The Morgan fingerprint density at radius 1 is 1.00 bits per heavy atom. The Balaban J connectivity index is 1.56. The van der Waals surface area contributed by atoms with Crippen LogP contribution in [-0.4, -0.2) is 31.1 Å². The summed E-state index contributed by atoms with van der Waals surface area (Å²) in [6.07, 6.45) is 4.57. The summed E-state index contributed by atoms with van der Waals surface area (Å²) in [5.41, 5.74) is 1.86. The fraction of sp³-hybridized carbons (Fsp3) is 0.533. The van der Waals surface area contributed by atoms with E-state index in [1.165, 1.54) is 0 Å². The first-order chi connectivity index (χ1) is 9.31. The van der Waals surface area contributed by atoms with Crippen LogP contribution in [0.1, 0.15) is 36.0 Å². The number of benzene rings is 1. The lowest BCUT2D eigenvalue weighted by molar-refractivity contribution is 0.0951. The molecule has 0 spiro atoms. The maximum absolute atomic E-state index is 11.9. The Hall–Kier alpha value is -1.55. The van der Waals surface area contributed by atoms with Crippen molar-refractivity contribution in [2.24, 2.45) is 0 Å². The van der Waals surface area contributed by atoms with Crippen molar-refractivity contribution in [3.8, 4) is 0 Å². The first-order valence-corrected chi connectivity index (χ1v) is 7.19. The normalized spacial score (nSPS) is 20.0. The third-order valence-corrected chi connectivity index (χ3v) is 3.77. The van der Waals surface area contributed by atoms with Gasteiger partial charge in [0.2, 0.25) is 0 Å². The second-order valence-corrected chi connectivity index (χ2v) is 5.49. The zero-order valence-corrected chi connectivity index (χ0v) is 11.1. The Morgan fingerprint density at radius 2 is 1.68 bits per heavy atom. The first-order valence-electron chi connectivity index (χ1n) is 7.19. The van der Waals surface area contributed by atoms with E-state index in [1.54, 1.807) is 0 Å². The van der Waals surface area contributed by atoms with Crippen LogP contribution >= 0.6 is 0 Å². The highest BCUT2D eigenvalue weighted by molar-refractivity contribution is 5.94. The van der Waals surface area contributed by atoms with Crippen molar-refractivity contribution >= 4 is 11.6 Å². The maximum Gasteiger partial charge on any atom is 0.251 e. The second kappa shape index (κ2) is 5.61. The second-order valence-electron chi connectivity index (χ2n) is 5.49. The minimum absolute atomic E-state index is 0.0518. The van der Waals surface area contributed by atoms with Gasteiger partial charge in [-0.3, -0.25) is 4.79 Å². The van der Waals surface area contributed by atoms with E-state index in [1.807, 2.05) is 24.3 Å². The molecule has 1 saturated heterocycles. The van der Waals surface area contributed by atoms with Gasteiger partial charge in [0.05, 0.1) is 0 Å². The molecule has 3 rings (SSSR count). The summed E-state index contributed by atoms with van der Waals surface area (Å²) < 4.78 is 0. The zero-order valence-electron chi connectivity index (χ0n) is 11.1. The topological polar surface area (TPSA) is 53.2 Å². The summed E-state index contributed by atoms with van der Waals surface area (Å²) in [5, 5.41) is 9.89. The van der Waals surface area contributed by atoms with E-state index in [4.69, 9.17) is 0 Å². The molecule has 1 aromatic carbocycles. The fourth-order valence-electron chi connectivity index (χ4n) is 2.42. The van der Waals surface area contributed by atoms with Gasteiger partial charge in [0.25, 0.3) is 5.91 Å². The predicted octanol–water partition coefficient (Wildman–Crippen LogP) is 1.74. The number of hydrogen-bond donors (Lipinski definition) is 3. The summed E-state index contributed by atoms with van der Waals surface area (Å²) in [4.78, 5) is 11.9. The molecular formula is C15H21N3O. The van der Waals surface area contributed by atoms with Crippen molar-refractivity contribution in [1.29, 1.82) is 0 Å². The van der Waals surface area contributed by atoms with E-state index in [9.17, 15) is 4.79 Å². The average molecular weight is 259 g/mol. The summed E-state index contributed by atoms with van der Waals surface area (Å²) in [7, 11) is 0. The van der Waals surface area contributed by atoms with Crippen LogP contribution in [0.5, 0.6) is 0 Å². The summed E-state index contributed by atoms with van der Waals surface area (Å²) in [6.45, 7) is 2.17.